The number of benzene rings is 2. The smallest absolute Gasteiger partial charge is 0.313 e. The van der Waals surface area contributed by atoms with E-state index in [0.29, 0.717) is 17.9 Å². The van der Waals surface area contributed by atoms with Gasteiger partial charge >= 0.3 is 11.8 Å². The van der Waals surface area contributed by atoms with E-state index in [1.54, 1.807) is 12.1 Å². The summed E-state index contributed by atoms with van der Waals surface area (Å²) in [5.74, 6) is -1.06. The molecule has 0 aliphatic rings. The van der Waals surface area contributed by atoms with Gasteiger partial charge in [-0.05, 0) is 36.6 Å². The van der Waals surface area contributed by atoms with Crippen molar-refractivity contribution < 1.29 is 19.4 Å². The second-order valence-corrected chi connectivity index (χ2v) is 5.63. The molecule has 0 bridgehead atoms. The Labute approximate surface area is 146 Å². The molecule has 0 unspecified atom stereocenters. The normalized spacial score (nSPS) is 11.5. The summed E-state index contributed by atoms with van der Waals surface area (Å²) in [5, 5.41) is 15.1. The minimum atomic E-state index is -0.780. The van der Waals surface area contributed by atoms with Gasteiger partial charge in [0.1, 0.15) is 5.75 Å². The number of ether oxygens (including phenoxy) is 1. The van der Waals surface area contributed by atoms with E-state index in [-0.39, 0.29) is 6.54 Å². The predicted octanol–water partition coefficient (Wildman–Crippen LogP) is 2.18. The largest absolute Gasteiger partial charge is 0.495 e. The van der Waals surface area contributed by atoms with Gasteiger partial charge in [-0.25, -0.2) is 0 Å². The van der Waals surface area contributed by atoms with E-state index < -0.39 is 17.9 Å². The van der Waals surface area contributed by atoms with Gasteiger partial charge in [0.05, 0.1) is 18.9 Å². The molecule has 0 aliphatic heterocycles. The van der Waals surface area contributed by atoms with Crippen LogP contribution in [0.4, 0.5) is 5.69 Å². The van der Waals surface area contributed by atoms with Crippen LogP contribution in [-0.4, -0.2) is 30.6 Å². The molecule has 0 aromatic heterocycles. The molecule has 6 nitrogen and oxygen atoms in total. The van der Waals surface area contributed by atoms with E-state index in [0.717, 1.165) is 11.1 Å². The number of aliphatic hydroxyl groups excluding tert-OH is 1. The molecule has 6 heteroatoms. The molecule has 2 aromatic carbocycles. The summed E-state index contributed by atoms with van der Waals surface area (Å²) >= 11 is 0. The molecule has 0 radical (unpaired) electrons. The first-order chi connectivity index (χ1) is 12.0. The van der Waals surface area contributed by atoms with Crippen molar-refractivity contribution in [3.05, 3.63) is 59.7 Å². The third kappa shape index (κ3) is 5.32. The first-order valence-electron chi connectivity index (χ1n) is 7.98. The maximum Gasteiger partial charge on any atom is 0.313 e. The molecule has 2 rings (SSSR count). The first-order valence-corrected chi connectivity index (χ1v) is 7.98. The highest BCUT2D eigenvalue weighted by Crippen LogP contribution is 2.25. The Balaban J connectivity index is 1.85. The van der Waals surface area contributed by atoms with Crippen LogP contribution in [0.5, 0.6) is 5.75 Å². The van der Waals surface area contributed by atoms with Gasteiger partial charge in [0.15, 0.2) is 0 Å². The molecule has 3 N–H and O–H groups in total. The summed E-state index contributed by atoms with van der Waals surface area (Å²) in [5.41, 5.74) is 2.14. The SMILES string of the molecule is COc1ccc(C)cc1NC(=O)C(=O)NCC[C@@H](O)c1ccccc1. The molecule has 0 fully saturated rings. The fraction of sp³-hybridized carbons (Fsp3) is 0.263. The highest BCUT2D eigenvalue weighted by atomic mass is 16.5. The molecule has 25 heavy (non-hydrogen) atoms. The van der Waals surface area contributed by atoms with E-state index in [2.05, 4.69) is 10.6 Å². The van der Waals surface area contributed by atoms with E-state index in [1.807, 2.05) is 43.3 Å². The van der Waals surface area contributed by atoms with Crippen LogP contribution in [0.25, 0.3) is 0 Å². The van der Waals surface area contributed by atoms with Crippen LogP contribution in [0, 0.1) is 6.92 Å². The van der Waals surface area contributed by atoms with Crippen LogP contribution < -0.4 is 15.4 Å². The number of hydrogen-bond donors (Lipinski definition) is 3. The van der Waals surface area contributed by atoms with Gasteiger partial charge in [-0.2, -0.15) is 0 Å². The highest BCUT2D eigenvalue weighted by molar-refractivity contribution is 6.39. The fourth-order valence-corrected chi connectivity index (χ4v) is 2.34. The second-order valence-electron chi connectivity index (χ2n) is 5.63. The number of rotatable bonds is 6. The number of nitrogens with one attached hydrogen (secondary N) is 2. The lowest BCUT2D eigenvalue weighted by Crippen LogP contribution is -2.36. The number of carbonyl (C=O) groups excluding carboxylic acids is 2. The Hall–Kier alpha value is -2.86. The summed E-state index contributed by atoms with van der Waals surface area (Å²) in [4.78, 5) is 23.9. The van der Waals surface area contributed by atoms with Crippen molar-refractivity contribution in [2.75, 3.05) is 19.0 Å². The molecule has 0 aliphatic carbocycles. The number of amides is 2. The fourth-order valence-electron chi connectivity index (χ4n) is 2.34. The Morgan fingerprint density at radius 3 is 2.52 bits per heavy atom. The van der Waals surface area contributed by atoms with Gasteiger partial charge in [0, 0.05) is 6.54 Å². The average Bonchev–Trinajstić information content (AvgIpc) is 2.62. The van der Waals surface area contributed by atoms with E-state index >= 15 is 0 Å². The minimum Gasteiger partial charge on any atom is -0.495 e. The molecule has 2 amide bonds. The molecule has 0 heterocycles. The lowest BCUT2D eigenvalue weighted by atomic mass is 10.1. The number of carbonyl (C=O) groups is 2. The third-order valence-electron chi connectivity index (χ3n) is 3.70. The molecule has 1 atom stereocenters. The van der Waals surface area contributed by atoms with Crippen molar-refractivity contribution in [2.24, 2.45) is 0 Å². The van der Waals surface area contributed by atoms with Crippen molar-refractivity contribution in [2.45, 2.75) is 19.4 Å². The third-order valence-corrected chi connectivity index (χ3v) is 3.70. The van der Waals surface area contributed by atoms with Crippen LogP contribution in [-0.2, 0) is 9.59 Å². The maximum absolute atomic E-state index is 12.0. The Bertz CT molecular complexity index is 731. The zero-order valence-electron chi connectivity index (χ0n) is 14.3. The lowest BCUT2D eigenvalue weighted by Gasteiger charge is -2.13. The van der Waals surface area contributed by atoms with Crippen LogP contribution >= 0.6 is 0 Å². The predicted molar refractivity (Wildman–Crippen MR) is 95.4 cm³/mol. The van der Waals surface area contributed by atoms with Crippen molar-refractivity contribution in [3.8, 4) is 5.75 Å². The van der Waals surface area contributed by atoms with E-state index in [4.69, 9.17) is 4.74 Å². The van der Waals surface area contributed by atoms with Crippen molar-refractivity contribution >= 4 is 17.5 Å². The van der Waals surface area contributed by atoms with Gasteiger partial charge in [0.2, 0.25) is 0 Å². The first kappa shape index (κ1) is 18.5. The average molecular weight is 342 g/mol. The van der Waals surface area contributed by atoms with Crippen molar-refractivity contribution in [1.29, 1.82) is 0 Å². The number of hydrogen-bond acceptors (Lipinski definition) is 4. The van der Waals surface area contributed by atoms with Crippen LogP contribution in [0.2, 0.25) is 0 Å². The molecule has 2 aromatic rings. The summed E-state index contributed by atoms with van der Waals surface area (Å²) in [6, 6.07) is 14.4. The molecule has 0 saturated heterocycles. The standard InChI is InChI=1S/C19H22N2O4/c1-13-8-9-17(25-2)15(12-13)21-19(24)18(23)20-11-10-16(22)14-6-4-3-5-7-14/h3-9,12,16,22H,10-11H2,1-2H3,(H,20,23)(H,21,24)/t16-/m1/s1. The Morgan fingerprint density at radius 1 is 1.12 bits per heavy atom. The quantitative estimate of drug-likeness (QED) is 0.702. The molecular formula is C19H22N2O4. The van der Waals surface area contributed by atoms with E-state index in [9.17, 15) is 14.7 Å². The zero-order chi connectivity index (χ0) is 18.2. The zero-order valence-corrected chi connectivity index (χ0v) is 14.3. The van der Waals surface area contributed by atoms with Crippen LogP contribution in [0.3, 0.4) is 0 Å². The summed E-state index contributed by atoms with van der Waals surface area (Å²) in [7, 11) is 1.49. The number of aryl methyl sites for hydroxylation is 1. The molecule has 0 saturated carbocycles. The number of aliphatic hydroxyl groups is 1. The monoisotopic (exact) mass is 342 g/mol. The van der Waals surface area contributed by atoms with Gasteiger partial charge in [0.25, 0.3) is 0 Å². The highest BCUT2D eigenvalue weighted by Gasteiger charge is 2.16. The Morgan fingerprint density at radius 2 is 1.84 bits per heavy atom. The Kier molecular flexibility index (Phi) is 6.54. The van der Waals surface area contributed by atoms with Crippen molar-refractivity contribution in [1.82, 2.24) is 5.32 Å². The van der Waals surface area contributed by atoms with Gasteiger partial charge < -0.3 is 20.5 Å². The van der Waals surface area contributed by atoms with Gasteiger partial charge in [-0.15, -0.1) is 0 Å². The van der Waals surface area contributed by atoms with Gasteiger partial charge in [-0.3, -0.25) is 9.59 Å². The van der Waals surface area contributed by atoms with Crippen LogP contribution in [0.15, 0.2) is 48.5 Å². The topological polar surface area (TPSA) is 87.7 Å². The molecule has 0 spiro atoms. The summed E-state index contributed by atoms with van der Waals surface area (Å²) < 4.78 is 5.16. The maximum atomic E-state index is 12.0. The van der Waals surface area contributed by atoms with Crippen molar-refractivity contribution in [3.63, 3.8) is 0 Å². The molecular weight excluding hydrogens is 320 g/mol. The summed E-state index contributed by atoms with van der Waals surface area (Å²) in [6.07, 6.45) is -0.377. The molecule has 132 valence electrons. The lowest BCUT2D eigenvalue weighted by molar-refractivity contribution is -0.136. The number of methoxy groups -OCH3 is 1. The second kappa shape index (κ2) is 8.84. The van der Waals surface area contributed by atoms with E-state index in [1.165, 1.54) is 7.11 Å². The summed E-state index contributed by atoms with van der Waals surface area (Å²) in [6.45, 7) is 2.06. The van der Waals surface area contributed by atoms with Gasteiger partial charge in [-0.1, -0.05) is 36.4 Å². The minimum absolute atomic E-state index is 0.188. The number of anilines is 1. The van der Waals surface area contributed by atoms with Crippen LogP contribution in [0.1, 0.15) is 23.7 Å².